The van der Waals surface area contributed by atoms with Gasteiger partial charge in [0.25, 0.3) is 0 Å². The van der Waals surface area contributed by atoms with Crippen LogP contribution in [0.2, 0.25) is 0 Å². The van der Waals surface area contributed by atoms with Crippen LogP contribution in [0.3, 0.4) is 0 Å². The van der Waals surface area contributed by atoms with Gasteiger partial charge >= 0.3 is 0 Å². The van der Waals surface area contributed by atoms with Gasteiger partial charge in [-0.05, 0) is 24.5 Å². The average molecular weight is 272 g/mol. The quantitative estimate of drug-likeness (QED) is 0.873. The molecular formula is C16H24N4. The van der Waals surface area contributed by atoms with Crippen LogP contribution in [0.5, 0.6) is 0 Å². The summed E-state index contributed by atoms with van der Waals surface area (Å²) in [4.78, 5) is 11.5. The molecule has 2 rings (SSSR count). The molecule has 0 atom stereocenters. The van der Waals surface area contributed by atoms with E-state index in [9.17, 15) is 0 Å². The van der Waals surface area contributed by atoms with Gasteiger partial charge < -0.3 is 10.2 Å². The Hall–Kier alpha value is -1.84. The van der Waals surface area contributed by atoms with Crippen LogP contribution in [0, 0.1) is 5.92 Å². The number of nitrogens with zero attached hydrogens (tertiary/aromatic N) is 3. The van der Waals surface area contributed by atoms with E-state index >= 15 is 0 Å². The second-order valence-electron chi connectivity index (χ2n) is 5.59. The van der Waals surface area contributed by atoms with Gasteiger partial charge in [-0.3, -0.25) is 0 Å². The molecule has 0 unspecified atom stereocenters. The lowest BCUT2D eigenvalue weighted by Crippen LogP contribution is -2.24. The van der Waals surface area contributed by atoms with E-state index in [4.69, 9.17) is 4.98 Å². The van der Waals surface area contributed by atoms with Gasteiger partial charge in [0, 0.05) is 25.5 Å². The van der Waals surface area contributed by atoms with Gasteiger partial charge in [0.1, 0.15) is 5.82 Å². The van der Waals surface area contributed by atoms with Gasteiger partial charge in [0.15, 0.2) is 0 Å². The SMILES string of the molecule is CCCNc1nc(N(C)CC(C)C)c2ccccc2n1. The highest BCUT2D eigenvalue weighted by Crippen LogP contribution is 2.25. The second-order valence-corrected chi connectivity index (χ2v) is 5.59. The molecule has 1 heterocycles. The molecule has 4 heteroatoms. The highest BCUT2D eigenvalue weighted by molar-refractivity contribution is 5.90. The van der Waals surface area contributed by atoms with Gasteiger partial charge in [0.05, 0.1) is 5.52 Å². The molecule has 0 saturated heterocycles. The number of rotatable bonds is 6. The van der Waals surface area contributed by atoms with Crippen LogP contribution in [-0.2, 0) is 0 Å². The van der Waals surface area contributed by atoms with Crippen molar-refractivity contribution in [1.82, 2.24) is 9.97 Å². The molecule has 0 amide bonds. The minimum atomic E-state index is 0.598. The highest BCUT2D eigenvalue weighted by Gasteiger charge is 2.12. The number of para-hydroxylation sites is 1. The van der Waals surface area contributed by atoms with Crippen molar-refractivity contribution in [3.8, 4) is 0 Å². The second kappa shape index (κ2) is 6.55. The molecule has 0 spiro atoms. The summed E-state index contributed by atoms with van der Waals surface area (Å²) >= 11 is 0. The van der Waals surface area contributed by atoms with Crippen molar-refractivity contribution < 1.29 is 0 Å². The zero-order chi connectivity index (χ0) is 14.5. The number of aromatic nitrogens is 2. The summed E-state index contributed by atoms with van der Waals surface area (Å²) in [5, 5.41) is 4.40. The van der Waals surface area contributed by atoms with Crippen LogP contribution < -0.4 is 10.2 Å². The minimum Gasteiger partial charge on any atom is -0.359 e. The first-order valence-electron chi connectivity index (χ1n) is 7.33. The van der Waals surface area contributed by atoms with E-state index in [1.807, 2.05) is 18.2 Å². The maximum absolute atomic E-state index is 4.70. The Morgan fingerprint density at radius 3 is 2.65 bits per heavy atom. The Bertz CT molecular complexity index is 565. The molecule has 0 aliphatic carbocycles. The molecule has 4 nitrogen and oxygen atoms in total. The van der Waals surface area contributed by atoms with E-state index in [1.165, 1.54) is 0 Å². The molecule has 1 aromatic carbocycles. The fourth-order valence-corrected chi connectivity index (χ4v) is 2.30. The number of hydrogen-bond acceptors (Lipinski definition) is 4. The van der Waals surface area contributed by atoms with E-state index in [2.05, 4.69) is 49.1 Å². The fraction of sp³-hybridized carbons (Fsp3) is 0.500. The first kappa shape index (κ1) is 14.6. The summed E-state index contributed by atoms with van der Waals surface area (Å²) in [5.74, 6) is 2.32. The van der Waals surface area contributed by atoms with Crippen molar-refractivity contribution in [2.45, 2.75) is 27.2 Å². The molecule has 1 N–H and O–H groups in total. The number of anilines is 2. The number of benzene rings is 1. The first-order chi connectivity index (χ1) is 9.61. The van der Waals surface area contributed by atoms with Crippen molar-refractivity contribution >= 4 is 22.7 Å². The van der Waals surface area contributed by atoms with Gasteiger partial charge in [-0.1, -0.05) is 32.9 Å². The molecule has 0 radical (unpaired) electrons. The molecular weight excluding hydrogens is 248 g/mol. The third-order valence-corrected chi connectivity index (χ3v) is 3.12. The van der Waals surface area contributed by atoms with E-state index in [1.54, 1.807) is 0 Å². The van der Waals surface area contributed by atoms with Gasteiger partial charge in [-0.2, -0.15) is 4.98 Å². The smallest absolute Gasteiger partial charge is 0.225 e. The Kier molecular flexibility index (Phi) is 4.77. The van der Waals surface area contributed by atoms with Crippen molar-refractivity contribution in [3.05, 3.63) is 24.3 Å². The van der Waals surface area contributed by atoms with Crippen LogP contribution in [0.1, 0.15) is 27.2 Å². The lowest BCUT2D eigenvalue weighted by atomic mass is 10.2. The molecule has 0 saturated carbocycles. The standard InChI is InChI=1S/C16H24N4/c1-5-10-17-16-18-14-9-7-6-8-13(14)15(19-16)20(4)11-12(2)3/h6-9,12H,5,10-11H2,1-4H3,(H,17,18,19). The Balaban J connectivity index is 2.43. The van der Waals surface area contributed by atoms with Gasteiger partial charge in [-0.15, -0.1) is 0 Å². The summed E-state index contributed by atoms with van der Waals surface area (Å²) in [6, 6.07) is 8.19. The Labute approximate surface area is 121 Å². The van der Waals surface area contributed by atoms with Crippen LogP contribution in [0.25, 0.3) is 10.9 Å². The lowest BCUT2D eigenvalue weighted by Gasteiger charge is -2.22. The number of hydrogen-bond donors (Lipinski definition) is 1. The minimum absolute atomic E-state index is 0.598. The summed E-state index contributed by atoms with van der Waals surface area (Å²) < 4.78 is 0. The van der Waals surface area contributed by atoms with E-state index < -0.39 is 0 Å². The molecule has 0 aliphatic rings. The zero-order valence-corrected chi connectivity index (χ0v) is 12.8. The van der Waals surface area contributed by atoms with E-state index in [0.717, 1.165) is 42.2 Å². The topological polar surface area (TPSA) is 41.1 Å². The van der Waals surface area contributed by atoms with Gasteiger partial charge in [-0.25, -0.2) is 4.98 Å². The average Bonchev–Trinajstić information content (AvgIpc) is 2.43. The first-order valence-corrected chi connectivity index (χ1v) is 7.33. The summed E-state index contributed by atoms with van der Waals surface area (Å²) in [5.41, 5.74) is 0.992. The molecule has 1 aromatic heterocycles. The third kappa shape index (κ3) is 3.38. The van der Waals surface area contributed by atoms with Crippen molar-refractivity contribution in [3.63, 3.8) is 0 Å². The number of fused-ring (bicyclic) bond motifs is 1. The fourth-order valence-electron chi connectivity index (χ4n) is 2.30. The summed E-state index contributed by atoms with van der Waals surface area (Å²) in [6.45, 7) is 8.45. The molecule has 2 aromatic rings. The van der Waals surface area contributed by atoms with Gasteiger partial charge in [0.2, 0.25) is 5.95 Å². The van der Waals surface area contributed by atoms with Crippen LogP contribution >= 0.6 is 0 Å². The highest BCUT2D eigenvalue weighted by atomic mass is 15.2. The predicted octanol–water partition coefficient (Wildman–Crippen LogP) is 3.54. The normalized spacial score (nSPS) is 11.1. The van der Waals surface area contributed by atoms with Crippen LogP contribution in [-0.4, -0.2) is 30.1 Å². The zero-order valence-electron chi connectivity index (χ0n) is 12.8. The Morgan fingerprint density at radius 2 is 1.95 bits per heavy atom. The predicted molar refractivity (Wildman–Crippen MR) is 86.4 cm³/mol. The maximum Gasteiger partial charge on any atom is 0.225 e. The van der Waals surface area contributed by atoms with Crippen molar-refractivity contribution in [2.75, 3.05) is 30.4 Å². The third-order valence-electron chi connectivity index (χ3n) is 3.12. The largest absolute Gasteiger partial charge is 0.359 e. The lowest BCUT2D eigenvalue weighted by molar-refractivity contribution is 0.635. The molecule has 108 valence electrons. The maximum atomic E-state index is 4.70. The Morgan fingerprint density at radius 1 is 1.20 bits per heavy atom. The van der Waals surface area contributed by atoms with E-state index in [-0.39, 0.29) is 0 Å². The van der Waals surface area contributed by atoms with Crippen molar-refractivity contribution in [1.29, 1.82) is 0 Å². The van der Waals surface area contributed by atoms with Crippen molar-refractivity contribution in [2.24, 2.45) is 5.92 Å². The van der Waals surface area contributed by atoms with Crippen LogP contribution in [0.4, 0.5) is 11.8 Å². The molecule has 0 aliphatic heterocycles. The monoisotopic (exact) mass is 272 g/mol. The molecule has 0 bridgehead atoms. The van der Waals surface area contributed by atoms with E-state index in [0.29, 0.717) is 5.92 Å². The summed E-state index contributed by atoms with van der Waals surface area (Å²) in [7, 11) is 2.10. The molecule has 20 heavy (non-hydrogen) atoms. The summed E-state index contributed by atoms with van der Waals surface area (Å²) in [6.07, 6.45) is 1.06. The number of nitrogens with one attached hydrogen (secondary N) is 1. The van der Waals surface area contributed by atoms with Crippen LogP contribution in [0.15, 0.2) is 24.3 Å². The molecule has 0 fully saturated rings.